The molecule has 1 aromatic carbocycles. The van der Waals surface area contributed by atoms with Gasteiger partial charge in [-0.05, 0) is 44.0 Å². The highest BCUT2D eigenvalue weighted by molar-refractivity contribution is 5.97. The number of carbonyl (C=O) groups excluding carboxylic acids is 2. The van der Waals surface area contributed by atoms with Gasteiger partial charge in [0.15, 0.2) is 0 Å². The minimum absolute atomic E-state index is 0.0582. The molecule has 0 bridgehead atoms. The Balaban J connectivity index is 1.88. The number of hydrogen-bond donors (Lipinski definition) is 3. The molecule has 126 valence electrons. The molecule has 1 aliphatic carbocycles. The molecule has 1 fully saturated rings. The maximum atomic E-state index is 12.3. The van der Waals surface area contributed by atoms with Crippen LogP contribution in [0.5, 0.6) is 0 Å². The minimum atomic E-state index is -0.0942. The highest BCUT2D eigenvalue weighted by atomic mass is 16.2. The van der Waals surface area contributed by atoms with Gasteiger partial charge < -0.3 is 16.0 Å². The van der Waals surface area contributed by atoms with Gasteiger partial charge in [0.25, 0.3) is 5.91 Å². The quantitative estimate of drug-likeness (QED) is 0.677. The van der Waals surface area contributed by atoms with Crippen LogP contribution in [-0.2, 0) is 4.79 Å². The average molecular weight is 317 g/mol. The monoisotopic (exact) mass is 317 g/mol. The first-order valence-corrected chi connectivity index (χ1v) is 8.60. The molecule has 0 heterocycles. The SMILES string of the molecule is CCCNCC(=O)Nc1cccc(C(=O)NC2CCCCC2)c1. The number of nitrogens with one attached hydrogen (secondary N) is 3. The molecule has 1 aliphatic rings. The summed E-state index contributed by atoms with van der Waals surface area (Å²) in [7, 11) is 0. The van der Waals surface area contributed by atoms with Gasteiger partial charge in [-0.15, -0.1) is 0 Å². The molecule has 0 saturated heterocycles. The van der Waals surface area contributed by atoms with Gasteiger partial charge in [0.05, 0.1) is 6.54 Å². The first-order valence-electron chi connectivity index (χ1n) is 8.60. The lowest BCUT2D eigenvalue weighted by molar-refractivity contribution is -0.115. The molecule has 2 amide bonds. The molecule has 3 N–H and O–H groups in total. The molecule has 1 saturated carbocycles. The fourth-order valence-electron chi connectivity index (χ4n) is 2.84. The Bertz CT molecular complexity index is 525. The van der Waals surface area contributed by atoms with Crippen LogP contribution in [0.25, 0.3) is 0 Å². The van der Waals surface area contributed by atoms with E-state index in [2.05, 4.69) is 22.9 Å². The summed E-state index contributed by atoms with van der Waals surface area (Å²) in [5.74, 6) is -0.152. The fraction of sp³-hybridized carbons (Fsp3) is 0.556. The van der Waals surface area contributed by atoms with Crippen molar-refractivity contribution in [3.05, 3.63) is 29.8 Å². The topological polar surface area (TPSA) is 70.2 Å². The molecule has 1 aromatic rings. The molecule has 2 rings (SSSR count). The lowest BCUT2D eigenvalue weighted by Crippen LogP contribution is -2.36. The largest absolute Gasteiger partial charge is 0.349 e. The zero-order chi connectivity index (χ0) is 16.5. The predicted molar refractivity (Wildman–Crippen MR) is 92.6 cm³/mol. The van der Waals surface area contributed by atoms with Crippen molar-refractivity contribution in [1.82, 2.24) is 10.6 Å². The van der Waals surface area contributed by atoms with Crippen molar-refractivity contribution in [2.45, 2.75) is 51.5 Å². The Morgan fingerprint density at radius 3 is 2.70 bits per heavy atom. The summed E-state index contributed by atoms with van der Waals surface area (Å²) in [6, 6.07) is 7.40. The van der Waals surface area contributed by atoms with Gasteiger partial charge in [-0.3, -0.25) is 9.59 Å². The van der Waals surface area contributed by atoms with Crippen LogP contribution < -0.4 is 16.0 Å². The summed E-state index contributed by atoms with van der Waals surface area (Å²) in [5.41, 5.74) is 1.25. The molecule has 5 heteroatoms. The van der Waals surface area contributed by atoms with E-state index in [1.165, 1.54) is 19.3 Å². The number of benzene rings is 1. The number of anilines is 1. The maximum absolute atomic E-state index is 12.3. The second kappa shape index (κ2) is 9.30. The van der Waals surface area contributed by atoms with Crippen molar-refractivity contribution >= 4 is 17.5 Å². The van der Waals surface area contributed by atoms with Gasteiger partial charge in [-0.1, -0.05) is 32.3 Å². The molecule has 0 aromatic heterocycles. The molecular formula is C18H27N3O2. The summed E-state index contributed by atoms with van der Waals surface area (Å²) in [6.07, 6.45) is 6.75. The van der Waals surface area contributed by atoms with E-state index in [-0.39, 0.29) is 24.4 Å². The van der Waals surface area contributed by atoms with Crippen molar-refractivity contribution in [2.75, 3.05) is 18.4 Å². The zero-order valence-corrected chi connectivity index (χ0v) is 13.9. The van der Waals surface area contributed by atoms with Crippen molar-refractivity contribution in [2.24, 2.45) is 0 Å². The zero-order valence-electron chi connectivity index (χ0n) is 13.9. The maximum Gasteiger partial charge on any atom is 0.251 e. The highest BCUT2D eigenvalue weighted by Crippen LogP contribution is 2.18. The van der Waals surface area contributed by atoms with Crippen LogP contribution in [0.3, 0.4) is 0 Å². The van der Waals surface area contributed by atoms with Crippen molar-refractivity contribution in [3.8, 4) is 0 Å². The van der Waals surface area contributed by atoms with Crippen molar-refractivity contribution in [1.29, 1.82) is 0 Å². The third kappa shape index (κ3) is 6.02. The molecule has 0 spiro atoms. The predicted octanol–water partition coefficient (Wildman–Crippen LogP) is 2.69. The van der Waals surface area contributed by atoms with Crippen LogP contribution in [0.15, 0.2) is 24.3 Å². The van der Waals surface area contributed by atoms with Gasteiger partial charge in [-0.25, -0.2) is 0 Å². The second-order valence-electron chi connectivity index (χ2n) is 6.11. The van der Waals surface area contributed by atoms with Crippen LogP contribution in [0.1, 0.15) is 55.8 Å². The van der Waals surface area contributed by atoms with Crippen LogP contribution in [-0.4, -0.2) is 30.9 Å². The smallest absolute Gasteiger partial charge is 0.251 e. The summed E-state index contributed by atoms with van der Waals surface area (Å²) in [6.45, 7) is 3.16. The molecule has 23 heavy (non-hydrogen) atoms. The number of hydrogen-bond acceptors (Lipinski definition) is 3. The Morgan fingerprint density at radius 1 is 1.17 bits per heavy atom. The number of rotatable bonds is 7. The van der Waals surface area contributed by atoms with E-state index in [4.69, 9.17) is 0 Å². The van der Waals surface area contributed by atoms with E-state index >= 15 is 0 Å². The molecule has 0 aliphatic heterocycles. The molecule has 0 radical (unpaired) electrons. The Morgan fingerprint density at radius 2 is 1.96 bits per heavy atom. The van der Waals surface area contributed by atoms with Gasteiger partial charge in [0.1, 0.15) is 0 Å². The molecule has 5 nitrogen and oxygen atoms in total. The third-order valence-corrected chi connectivity index (χ3v) is 4.06. The van der Waals surface area contributed by atoms with Crippen LogP contribution in [0.4, 0.5) is 5.69 Å². The minimum Gasteiger partial charge on any atom is -0.349 e. The highest BCUT2D eigenvalue weighted by Gasteiger charge is 2.16. The van der Waals surface area contributed by atoms with Crippen LogP contribution >= 0.6 is 0 Å². The normalized spacial score (nSPS) is 15.2. The summed E-state index contributed by atoms with van der Waals surface area (Å²) < 4.78 is 0. The van der Waals surface area contributed by atoms with E-state index in [9.17, 15) is 9.59 Å². The molecule has 0 atom stereocenters. The summed E-state index contributed by atoms with van der Waals surface area (Å²) in [5, 5.41) is 8.97. The Labute approximate surface area is 138 Å². The van der Waals surface area contributed by atoms with E-state index in [0.717, 1.165) is 25.8 Å². The van der Waals surface area contributed by atoms with Crippen LogP contribution in [0.2, 0.25) is 0 Å². The van der Waals surface area contributed by atoms with Gasteiger partial charge >= 0.3 is 0 Å². The average Bonchev–Trinajstić information content (AvgIpc) is 2.56. The first-order chi connectivity index (χ1) is 11.2. The van der Waals surface area contributed by atoms with E-state index < -0.39 is 0 Å². The lowest BCUT2D eigenvalue weighted by Gasteiger charge is -2.22. The first kappa shape index (κ1) is 17.5. The van der Waals surface area contributed by atoms with Crippen molar-refractivity contribution < 1.29 is 9.59 Å². The van der Waals surface area contributed by atoms with Gasteiger partial charge in [-0.2, -0.15) is 0 Å². The van der Waals surface area contributed by atoms with Gasteiger partial charge in [0.2, 0.25) is 5.91 Å². The van der Waals surface area contributed by atoms with Gasteiger partial charge in [0, 0.05) is 17.3 Å². The third-order valence-electron chi connectivity index (χ3n) is 4.06. The fourth-order valence-corrected chi connectivity index (χ4v) is 2.84. The number of amides is 2. The number of carbonyl (C=O) groups is 2. The molecule has 0 unspecified atom stereocenters. The molecular weight excluding hydrogens is 290 g/mol. The lowest BCUT2D eigenvalue weighted by atomic mass is 9.95. The Kier molecular flexibility index (Phi) is 7.07. The van der Waals surface area contributed by atoms with Crippen molar-refractivity contribution in [3.63, 3.8) is 0 Å². The second-order valence-corrected chi connectivity index (χ2v) is 6.11. The van der Waals surface area contributed by atoms with E-state index in [1.54, 1.807) is 24.3 Å². The summed E-state index contributed by atoms with van der Waals surface area (Å²) >= 11 is 0. The standard InChI is InChI=1S/C18H27N3O2/c1-2-11-19-13-17(22)20-16-10-6-7-14(12-16)18(23)21-15-8-4-3-5-9-15/h6-7,10,12,15,19H,2-5,8-9,11,13H2,1H3,(H,20,22)(H,21,23). The van der Waals surface area contributed by atoms with Crippen LogP contribution in [0, 0.1) is 0 Å². The summed E-state index contributed by atoms with van der Waals surface area (Å²) in [4.78, 5) is 24.1. The van der Waals surface area contributed by atoms with E-state index in [0.29, 0.717) is 11.3 Å². The Hall–Kier alpha value is -1.88. The van der Waals surface area contributed by atoms with E-state index in [1.807, 2.05) is 0 Å².